The molecule has 1 aliphatic rings. The minimum Gasteiger partial charge on any atom is -0.439 e. The van der Waals surface area contributed by atoms with Crippen LogP contribution >= 0.6 is 11.6 Å². The van der Waals surface area contributed by atoms with Crippen molar-refractivity contribution in [1.29, 1.82) is 0 Å². The molecule has 23 heavy (non-hydrogen) atoms. The van der Waals surface area contributed by atoms with E-state index in [0.29, 0.717) is 23.2 Å². The van der Waals surface area contributed by atoms with Crippen LogP contribution in [0.4, 0.5) is 10.1 Å². The molecule has 2 aromatic heterocycles. The first-order valence-electron chi connectivity index (χ1n) is 7.30. The molecule has 0 saturated heterocycles. The van der Waals surface area contributed by atoms with Gasteiger partial charge >= 0.3 is 0 Å². The van der Waals surface area contributed by atoms with Gasteiger partial charge in [-0.15, -0.1) is 0 Å². The van der Waals surface area contributed by atoms with Crippen molar-refractivity contribution in [2.45, 2.75) is 13.0 Å². The molecule has 4 rings (SSSR count). The molecule has 0 fully saturated rings. The van der Waals surface area contributed by atoms with E-state index in [-0.39, 0.29) is 5.82 Å². The van der Waals surface area contributed by atoms with Crippen molar-refractivity contribution in [3.05, 3.63) is 64.9 Å². The number of nitrogens with zero attached hydrogens (tertiary/aromatic N) is 3. The third-order valence-electron chi connectivity index (χ3n) is 3.85. The first kappa shape index (κ1) is 14.2. The van der Waals surface area contributed by atoms with E-state index < -0.39 is 0 Å². The number of hydrogen-bond donors (Lipinski definition) is 0. The third kappa shape index (κ3) is 2.80. The molecular formula is C17H13ClFN3O. The summed E-state index contributed by atoms with van der Waals surface area (Å²) in [7, 11) is 0. The molecule has 3 heterocycles. The second kappa shape index (κ2) is 5.66. The lowest BCUT2D eigenvalue weighted by Gasteiger charge is -2.27. The normalized spacial score (nSPS) is 13.9. The van der Waals surface area contributed by atoms with Gasteiger partial charge in [-0.25, -0.2) is 14.4 Å². The molecule has 4 nitrogen and oxygen atoms in total. The summed E-state index contributed by atoms with van der Waals surface area (Å²) in [6.07, 6.45) is 1.92. The Labute approximate surface area is 137 Å². The number of fused-ring (bicyclic) bond motifs is 1. The van der Waals surface area contributed by atoms with Gasteiger partial charge in [-0.3, -0.25) is 0 Å². The molecule has 0 N–H and O–H groups in total. The highest BCUT2D eigenvalue weighted by atomic mass is 35.5. The lowest BCUT2D eigenvalue weighted by atomic mass is 10.1. The number of anilines is 1. The fourth-order valence-electron chi connectivity index (χ4n) is 2.70. The molecule has 0 aliphatic carbocycles. The Morgan fingerprint density at radius 2 is 2.13 bits per heavy atom. The van der Waals surface area contributed by atoms with Crippen molar-refractivity contribution in [2.24, 2.45) is 0 Å². The Morgan fingerprint density at radius 3 is 2.91 bits per heavy atom. The minimum absolute atomic E-state index is 0.378. The maximum absolute atomic E-state index is 13.0. The molecular weight excluding hydrogens is 317 g/mol. The number of rotatable bonds is 2. The van der Waals surface area contributed by atoms with E-state index >= 15 is 0 Å². The van der Waals surface area contributed by atoms with E-state index in [4.69, 9.17) is 16.0 Å². The van der Waals surface area contributed by atoms with Gasteiger partial charge in [0.25, 0.3) is 0 Å². The summed E-state index contributed by atoms with van der Waals surface area (Å²) in [5, 5.41) is 0.713. The van der Waals surface area contributed by atoms with Gasteiger partial charge in [-0.1, -0.05) is 17.7 Å². The predicted octanol–water partition coefficient (Wildman–Crippen LogP) is 4.09. The van der Waals surface area contributed by atoms with Crippen LogP contribution in [0.3, 0.4) is 0 Å². The van der Waals surface area contributed by atoms with Gasteiger partial charge in [0, 0.05) is 23.7 Å². The van der Waals surface area contributed by atoms with Crippen LogP contribution < -0.4 is 4.90 Å². The summed E-state index contributed by atoms with van der Waals surface area (Å²) in [6, 6.07) is 10.7. The Hall–Kier alpha value is -2.40. The highest BCUT2D eigenvalue weighted by Crippen LogP contribution is 2.29. The van der Waals surface area contributed by atoms with Crippen LogP contribution in [0, 0.1) is 5.82 Å². The number of halogens is 2. The minimum atomic E-state index is -0.378. The number of pyridine rings is 1. The Kier molecular flexibility index (Phi) is 3.50. The molecule has 0 atom stereocenters. The zero-order valence-electron chi connectivity index (χ0n) is 12.2. The Bertz CT molecular complexity index is 847. The fraction of sp³-hybridized carbons (Fsp3) is 0.176. The van der Waals surface area contributed by atoms with E-state index in [1.807, 2.05) is 24.3 Å². The fourth-order valence-corrected chi connectivity index (χ4v) is 2.89. The molecule has 0 amide bonds. The molecule has 1 aromatic carbocycles. The SMILES string of the molecule is Fc1ccc(-c2nc3c(o2)CCN(c2cccc(Cl)c2)C3)nc1. The maximum atomic E-state index is 13.0. The smallest absolute Gasteiger partial charge is 0.245 e. The summed E-state index contributed by atoms with van der Waals surface area (Å²) in [6.45, 7) is 1.49. The third-order valence-corrected chi connectivity index (χ3v) is 4.08. The second-order valence-electron chi connectivity index (χ2n) is 5.40. The van der Waals surface area contributed by atoms with Crippen molar-refractivity contribution >= 4 is 17.3 Å². The number of hydrogen-bond acceptors (Lipinski definition) is 4. The van der Waals surface area contributed by atoms with Crippen molar-refractivity contribution < 1.29 is 8.81 Å². The van der Waals surface area contributed by atoms with Gasteiger partial charge in [0.15, 0.2) is 0 Å². The zero-order chi connectivity index (χ0) is 15.8. The monoisotopic (exact) mass is 329 g/mol. The lowest BCUT2D eigenvalue weighted by molar-refractivity contribution is 0.498. The Morgan fingerprint density at radius 1 is 1.22 bits per heavy atom. The highest BCUT2D eigenvalue weighted by Gasteiger charge is 2.23. The van der Waals surface area contributed by atoms with Crippen molar-refractivity contribution in [3.8, 4) is 11.6 Å². The molecule has 0 bridgehead atoms. The van der Waals surface area contributed by atoms with Gasteiger partial charge in [0.2, 0.25) is 5.89 Å². The number of benzene rings is 1. The molecule has 0 radical (unpaired) electrons. The summed E-state index contributed by atoms with van der Waals surface area (Å²) < 4.78 is 18.8. The molecule has 6 heteroatoms. The maximum Gasteiger partial charge on any atom is 0.245 e. The van der Waals surface area contributed by atoms with Crippen LogP contribution in [0.5, 0.6) is 0 Å². The predicted molar refractivity (Wildman–Crippen MR) is 85.9 cm³/mol. The standard InChI is InChI=1S/C17H13ClFN3O/c18-11-2-1-3-13(8-11)22-7-6-16-15(10-22)21-17(23-16)14-5-4-12(19)9-20-14/h1-5,8-9H,6-7,10H2. The van der Waals surface area contributed by atoms with Crippen molar-refractivity contribution in [3.63, 3.8) is 0 Å². The second-order valence-corrected chi connectivity index (χ2v) is 5.84. The van der Waals surface area contributed by atoms with Gasteiger partial charge in [-0.05, 0) is 30.3 Å². The van der Waals surface area contributed by atoms with Crippen LogP contribution in [0.1, 0.15) is 11.5 Å². The van der Waals surface area contributed by atoms with Gasteiger partial charge in [0.05, 0.1) is 12.7 Å². The van der Waals surface area contributed by atoms with Crippen LogP contribution in [-0.4, -0.2) is 16.5 Å². The molecule has 116 valence electrons. The van der Waals surface area contributed by atoms with Crippen LogP contribution in [-0.2, 0) is 13.0 Å². The molecule has 0 unspecified atom stereocenters. The summed E-state index contributed by atoms with van der Waals surface area (Å²) >= 11 is 6.06. The average molecular weight is 330 g/mol. The summed E-state index contributed by atoms with van der Waals surface area (Å²) in [4.78, 5) is 10.7. The van der Waals surface area contributed by atoms with Gasteiger partial charge in [-0.2, -0.15) is 0 Å². The molecule has 3 aromatic rings. The topological polar surface area (TPSA) is 42.2 Å². The zero-order valence-corrected chi connectivity index (χ0v) is 12.9. The van der Waals surface area contributed by atoms with E-state index in [2.05, 4.69) is 14.9 Å². The molecule has 0 saturated carbocycles. The van der Waals surface area contributed by atoms with E-state index in [1.165, 1.54) is 6.07 Å². The van der Waals surface area contributed by atoms with Crippen molar-refractivity contribution in [2.75, 3.05) is 11.4 Å². The van der Waals surface area contributed by atoms with Gasteiger partial charge in [0.1, 0.15) is 23.0 Å². The summed E-state index contributed by atoms with van der Waals surface area (Å²) in [5.41, 5.74) is 2.49. The average Bonchev–Trinajstić information content (AvgIpc) is 2.98. The van der Waals surface area contributed by atoms with Crippen LogP contribution in [0.15, 0.2) is 47.0 Å². The van der Waals surface area contributed by atoms with Gasteiger partial charge < -0.3 is 9.32 Å². The number of aromatic nitrogens is 2. The first-order chi connectivity index (χ1) is 11.2. The van der Waals surface area contributed by atoms with E-state index in [1.54, 1.807) is 6.07 Å². The van der Waals surface area contributed by atoms with E-state index in [9.17, 15) is 4.39 Å². The lowest BCUT2D eigenvalue weighted by Crippen LogP contribution is -2.29. The first-order valence-corrected chi connectivity index (χ1v) is 7.68. The Balaban J connectivity index is 1.62. The largest absolute Gasteiger partial charge is 0.439 e. The highest BCUT2D eigenvalue weighted by molar-refractivity contribution is 6.30. The molecule has 0 spiro atoms. The van der Waals surface area contributed by atoms with Crippen LogP contribution in [0.2, 0.25) is 5.02 Å². The van der Waals surface area contributed by atoms with Crippen molar-refractivity contribution in [1.82, 2.24) is 9.97 Å². The molecule has 1 aliphatic heterocycles. The number of oxazole rings is 1. The quantitative estimate of drug-likeness (QED) is 0.710. The van der Waals surface area contributed by atoms with Crippen LogP contribution in [0.25, 0.3) is 11.6 Å². The summed E-state index contributed by atoms with van der Waals surface area (Å²) in [5.74, 6) is 0.921. The van der Waals surface area contributed by atoms with E-state index in [0.717, 1.165) is 36.3 Å².